The van der Waals surface area contributed by atoms with E-state index in [-0.39, 0.29) is 17.4 Å². The van der Waals surface area contributed by atoms with Crippen LogP contribution in [0.3, 0.4) is 0 Å². The van der Waals surface area contributed by atoms with E-state index in [0.29, 0.717) is 23.4 Å². The van der Waals surface area contributed by atoms with Gasteiger partial charge in [0.1, 0.15) is 0 Å². The summed E-state index contributed by atoms with van der Waals surface area (Å²) in [5.74, 6) is -0.846. The van der Waals surface area contributed by atoms with Crippen LogP contribution in [0.4, 0.5) is 11.6 Å². The van der Waals surface area contributed by atoms with Crippen LogP contribution in [0.15, 0.2) is 54.7 Å². The van der Waals surface area contributed by atoms with E-state index in [0.717, 1.165) is 11.3 Å². The van der Waals surface area contributed by atoms with Gasteiger partial charge in [-0.15, -0.1) is 5.10 Å². The molecule has 150 valence electrons. The van der Waals surface area contributed by atoms with Gasteiger partial charge in [0.15, 0.2) is 11.2 Å². The molecule has 30 heavy (non-hydrogen) atoms. The number of carbonyl (C=O) groups is 2. The number of fused-ring (bicyclic) bond motifs is 1. The van der Waals surface area contributed by atoms with Crippen LogP contribution in [-0.2, 0) is 11.3 Å². The van der Waals surface area contributed by atoms with Gasteiger partial charge in [-0.05, 0) is 35.9 Å². The zero-order valence-electron chi connectivity index (χ0n) is 15.9. The number of aromatic carboxylic acids is 1. The quantitative estimate of drug-likeness (QED) is 0.446. The third-order valence-electron chi connectivity index (χ3n) is 4.25. The first-order chi connectivity index (χ1) is 14.5. The Hall–Kier alpha value is -4.34. The van der Waals surface area contributed by atoms with Crippen molar-refractivity contribution in [3.05, 3.63) is 65.9 Å². The Labute approximate surface area is 170 Å². The molecule has 10 nitrogen and oxygen atoms in total. The Morgan fingerprint density at radius 1 is 1.13 bits per heavy atom. The minimum atomic E-state index is -1.02. The van der Waals surface area contributed by atoms with Gasteiger partial charge in [-0.2, -0.15) is 9.67 Å². The fourth-order valence-corrected chi connectivity index (χ4v) is 2.85. The Morgan fingerprint density at radius 2 is 1.97 bits per heavy atom. The third-order valence-corrected chi connectivity index (χ3v) is 4.25. The van der Waals surface area contributed by atoms with Crippen molar-refractivity contribution < 1.29 is 14.7 Å². The van der Waals surface area contributed by atoms with Crippen molar-refractivity contribution in [2.75, 3.05) is 5.32 Å². The summed E-state index contributed by atoms with van der Waals surface area (Å²) in [7, 11) is 0. The highest BCUT2D eigenvalue weighted by Gasteiger charge is 2.11. The van der Waals surface area contributed by atoms with Crippen molar-refractivity contribution in [1.82, 2.24) is 30.3 Å². The summed E-state index contributed by atoms with van der Waals surface area (Å²) >= 11 is 0. The number of benzene rings is 2. The Bertz CT molecular complexity index is 1250. The van der Waals surface area contributed by atoms with Gasteiger partial charge in [-0.1, -0.05) is 23.4 Å². The molecule has 2 aromatic carbocycles. The first-order valence-electron chi connectivity index (χ1n) is 9.02. The van der Waals surface area contributed by atoms with E-state index in [1.54, 1.807) is 16.8 Å². The van der Waals surface area contributed by atoms with Crippen molar-refractivity contribution in [1.29, 1.82) is 0 Å². The standard InChI is InChI=1S/C20H17N7O3/c1-12(28)21-10-13-4-2-7-16(8-13)27-18-17(25-26-27)11-22-20(24-18)23-15-6-3-5-14(9-15)19(29)30/h2-9,11H,10H2,1H3,(H,21,28)(H,29,30)(H,22,23,24). The molecule has 2 heterocycles. The number of carboxylic acid groups (broad SMARTS) is 1. The van der Waals surface area contributed by atoms with E-state index in [2.05, 4.69) is 30.9 Å². The molecule has 3 N–H and O–H groups in total. The molecular formula is C20H17N7O3. The predicted molar refractivity (Wildman–Crippen MR) is 109 cm³/mol. The summed E-state index contributed by atoms with van der Waals surface area (Å²) in [6.45, 7) is 1.86. The molecule has 0 saturated heterocycles. The van der Waals surface area contributed by atoms with Gasteiger partial charge in [0, 0.05) is 19.2 Å². The minimum Gasteiger partial charge on any atom is -0.478 e. The average Bonchev–Trinajstić information content (AvgIpc) is 3.16. The summed E-state index contributed by atoms with van der Waals surface area (Å²) in [6, 6.07) is 13.9. The number of carboxylic acids is 1. The highest BCUT2D eigenvalue weighted by atomic mass is 16.4. The monoisotopic (exact) mass is 403 g/mol. The minimum absolute atomic E-state index is 0.109. The molecule has 0 aliphatic heterocycles. The van der Waals surface area contributed by atoms with Crippen molar-refractivity contribution in [3.8, 4) is 5.69 Å². The van der Waals surface area contributed by atoms with Crippen LogP contribution in [-0.4, -0.2) is 41.9 Å². The van der Waals surface area contributed by atoms with Crippen LogP contribution < -0.4 is 10.6 Å². The normalized spacial score (nSPS) is 10.7. The number of rotatable bonds is 6. The first-order valence-corrected chi connectivity index (χ1v) is 9.02. The highest BCUT2D eigenvalue weighted by molar-refractivity contribution is 5.89. The van der Waals surface area contributed by atoms with E-state index in [1.165, 1.54) is 25.3 Å². The zero-order valence-corrected chi connectivity index (χ0v) is 15.9. The number of amides is 1. The molecule has 0 spiro atoms. The number of carbonyl (C=O) groups excluding carboxylic acids is 1. The molecule has 2 aromatic heterocycles. The van der Waals surface area contributed by atoms with Gasteiger partial charge in [0.25, 0.3) is 0 Å². The number of hydrogen-bond donors (Lipinski definition) is 3. The van der Waals surface area contributed by atoms with Crippen LogP contribution in [0.2, 0.25) is 0 Å². The van der Waals surface area contributed by atoms with E-state index in [9.17, 15) is 9.59 Å². The molecule has 4 rings (SSSR count). The van der Waals surface area contributed by atoms with Crippen LogP contribution in [0.5, 0.6) is 0 Å². The lowest BCUT2D eigenvalue weighted by molar-refractivity contribution is -0.119. The smallest absolute Gasteiger partial charge is 0.335 e. The highest BCUT2D eigenvalue weighted by Crippen LogP contribution is 2.19. The summed E-state index contributed by atoms with van der Waals surface area (Å²) < 4.78 is 1.58. The molecule has 0 aliphatic rings. The topological polar surface area (TPSA) is 135 Å². The number of hydrogen-bond acceptors (Lipinski definition) is 7. The molecule has 4 aromatic rings. The molecule has 0 saturated carbocycles. The Morgan fingerprint density at radius 3 is 2.77 bits per heavy atom. The molecule has 0 bridgehead atoms. The molecule has 0 unspecified atom stereocenters. The number of nitrogens with zero attached hydrogens (tertiary/aromatic N) is 5. The van der Waals surface area contributed by atoms with E-state index >= 15 is 0 Å². The van der Waals surface area contributed by atoms with Gasteiger partial charge < -0.3 is 15.7 Å². The van der Waals surface area contributed by atoms with E-state index < -0.39 is 5.97 Å². The lowest BCUT2D eigenvalue weighted by Gasteiger charge is -2.08. The lowest BCUT2D eigenvalue weighted by Crippen LogP contribution is -2.18. The fourth-order valence-electron chi connectivity index (χ4n) is 2.85. The van der Waals surface area contributed by atoms with Gasteiger partial charge in [-0.25, -0.2) is 9.78 Å². The van der Waals surface area contributed by atoms with Crippen molar-refractivity contribution in [2.45, 2.75) is 13.5 Å². The summed E-state index contributed by atoms with van der Waals surface area (Å²) in [4.78, 5) is 31.0. The van der Waals surface area contributed by atoms with Gasteiger partial charge in [0.2, 0.25) is 11.9 Å². The second-order valence-corrected chi connectivity index (χ2v) is 6.49. The summed E-state index contributed by atoms with van der Waals surface area (Å²) in [5.41, 5.74) is 3.34. The maximum absolute atomic E-state index is 11.2. The van der Waals surface area contributed by atoms with Crippen molar-refractivity contribution >= 4 is 34.7 Å². The maximum Gasteiger partial charge on any atom is 0.335 e. The molecule has 0 aliphatic carbocycles. The summed E-state index contributed by atoms with van der Waals surface area (Å²) in [6.07, 6.45) is 1.54. The van der Waals surface area contributed by atoms with E-state index in [1.807, 2.05) is 24.3 Å². The van der Waals surface area contributed by atoms with Crippen LogP contribution in [0, 0.1) is 0 Å². The Balaban J connectivity index is 1.65. The molecule has 0 atom stereocenters. The van der Waals surface area contributed by atoms with Crippen LogP contribution >= 0.6 is 0 Å². The first kappa shape index (κ1) is 19.0. The predicted octanol–water partition coefficient (Wildman–Crippen LogP) is 2.29. The van der Waals surface area contributed by atoms with Crippen LogP contribution in [0.1, 0.15) is 22.8 Å². The number of anilines is 2. The lowest BCUT2D eigenvalue weighted by atomic mass is 10.2. The largest absolute Gasteiger partial charge is 0.478 e. The van der Waals surface area contributed by atoms with Crippen LogP contribution in [0.25, 0.3) is 16.9 Å². The third kappa shape index (κ3) is 4.07. The van der Waals surface area contributed by atoms with Crippen molar-refractivity contribution in [3.63, 3.8) is 0 Å². The number of nitrogens with one attached hydrogen (secondary N) is 2. The fraction of sp³-hybridized carbons (Fsp3) is 0.100. The average molecular weight is 403 g/mol. The molecule has 0 radical (unpaired) electrons. The van der Waals surface area contributed by atoms with E-state index in [4.69, 9.17) is 5.11 Å². The van der Waals surface area contributed by atoms with Gasteiger partial charge in [-0.3, -0.25) is 4.79 Å². The second kappa shape index (κ2) is 7.95. The zero-order chi connectivity index (χ0) is 21.1. The molecule has 0 fully saturated rings. The van der Waals surface area contributed by atoms with Gasteiger partial charge in [0.05, 0.1) is 17.4 Å². The Kier molecular flexibility index (Phi) is 5.04. The molecular weight excluding hydrogens is 386 g/mol. The number of aromatic nitrogens is 5. The SMILES string of the molecule is CC(=O)NCc1cccc(-n2nnc3cnc(Nc4cccc(C(=O)O)c4)nc32)c1. The molecule has 10 heteroatoms. The molecule has 1 amide bonds. The second-order valence-electron chi connectivity index (χ2n) is 6.49. The maximum atomic E-state index is 11.2. The van der Waals surface area contributed by atoms with Crippen molar-refractivity contribution in [2.24, 2.45) is 0 Å². The summed E-state index contributed by atoms with van der Waals surface area (Å²) in [5, 5.41) is 23.2. The van der Waals surface area contributed by atoms with Gasteiger partial charge >= 0.3 is 5.97 Å².